The Kier molecular flexibility index (Phi) is 3.67. The Balaban J connectivity index is 1.96. The number of rotatable bonds is 4. The third-order valence-corrected chi connectivity index (χ3v) is 3.20. The lowest BCUT2D eigenvalue weighted by Gasteiger charge is -2.06. The van der Waals surface area contributed by atoms with Gasteiger partial charge in [-0.2, -0.15) is 5.10 Å². The topological polar surface area (TPSA) is 50.1 Å². The second kappa shape index (κ2) is 5.23. The van der Waals surface area contributed by atoms with Crippen molar-refractivity contribution in [1.29, 1.82) is 0 Å². The molecule has 4 heteroatoms. The van der Waals surface area contributed by atoms with Crippen molar-refractivity contribution >= 4 is 0 Å². The van der Waals surface area contributed by atoms with Crippen LogP contribution in [0.15, 0.2) is 24.3 Å². The molecular formula is C14H19N3O. The maximum absolute atomic E-state index is 9.38. The van der Waals surface area contributed by atoms with E-state index in [1.54, 1.807) is 12.1 Å². The average molecular weight is 245 g/mol. The van der Waals surface area contributed by atoms with Crippen molar-refractivity contribution in [3.63, 3.8) is 0 Å². The minimum absolute atomic E-state index is 0.308. The first kappa shape index (κ1) is 12.6. The van der Waals surface area contributed by atoms with E-state index in [9.17, 15) is 5.11 Å². The first-order valence-corrected chi connectivity index (χ1v) is 6.05. The number of hydrogen-bond donors (Lipinski definition) is 2. The summed E-state index contributed by atoms with van der Waals surface area (Å²) in [6, 6.07) is 7.30. The Morgan fingerprint density at radius 2 is 2.06 bits per heavy atom. The lowest BCUT2D eigenvalue weighted by Crippen LogP contribution is -2.13. The fraction of sp³-hybridized carbons (Fsp3) is 0.357. The van der Waals surface area contributed by atoms with Crippen molar-refractivity contribution in [2.45, 2.75) is 26.9 Å². The van der Waals surface area contributed by atoms with E-state index in [1.807, 2.05) is 30.8 Å². The summed E-state index contributed by atoms with van der Waals surface area (Å²) in [7, 11) is 1.96. The summed E-state index contributed by atoms with van der Waals surface area (Å²) in [5, 5.41) is 17.1. The van der Waals surface area contributed by atoms with E-state index in [0.717, 1.165) is 24.3 Å². The van der Waals surface area contributed by atoms with E-state index in [0.29, 0.717) is 5.75 Å². The zero-order chi connectivity index (χ0) is 13.1. The van der Waals surface area contributed by atoms with Crippen molar-refractivity contribution < 1.29 is 5.11 Å². The van der Waals surface area contributed by atoms with Crippen molar-refractivity contribution in [1.82, 2.24) is 15.1 Å². The minimum Gasteiger partial charge on any atom is -0.508 e. The van der Waals surface area contributed by atoms with Crippen molar-refractivity contribution in [3.05, 3.63) is 46.8 Å². The Hall–Kier alpha value is -1.81. The van der Waals surface area contributed by atoms with Gasteiger partial charge in [0.25, 0.3) is 0 Å². The second-order valence-electron chi connectivity index (χ2n) is 4.55. The number of nitrogens with zero attached hydrogens (tertiary/aromatic N) is 2. The SMILES string of the molecule is Cc1nn(C)c(C)c1CNCc1cccc(O)c1. The van der Waals surface area contributed by atoms with Gasteiger partial charge in [-0.15, -0.1) is 0 Å². The highest BCUT2D eigenvalue weighted by Crippen LogP contribution is 2.13. The summed E-state index contributed by atoms with van der Waals surface area (Å²) >= 11 is 0. The van der Waals surface area contributed by atoms with Gasteiger partial charge in [0.2, 0.25) is 0 Å². The van der Waals surface area contributed by atoms with E-state index >= 15 is 0 Å². The first-order chi connectivity index (χ1) is 8.58. The lowest BCUT2D eigenvalue weighted by molar-refractivity contribution is 0.474. The molecule has 4 nitrogen and oxygen atoms in total. The van der Waals surface area contributed by atoms with Crippen molar-refractivity contribution in [2.75, 3.05) is 0 Å². The highest BCUT2D eigenvalue weighted by molar-refractivity contribution is 5.27. The quantitative estimate of drug-likeness (QED) is 0.866. The van der Waals surface area contributed by atoms with E-state index in [-0.39, 0.29) is 0 Å². The Bertz CT molecular complexity index is 546. The molecule has 2 N–H and O–H groups in total. The van der Waals surface area contributed by atoms with Crippen LogP contribution in [0.5, 0.6) is 5.75 Å². The van der Waals surface area contributed by atoms with Crippen LogP contribution in [-0.2, 0) is 20.1 Å². The van der Waals surface area contributed by atoms with Gasteiger partial charge in [-0.05, 0) is 31.5 Å². The zero-order valence-corrected chi connectivity index (χ0v) is 11.1. The van der Waals surface area contributed by atoms with Gasteiger partial charge in [0, 0.05) is 31.4 Å². The molecule has 1 aromatic carbocycles. The molecule has 0 fully saturated rings. The second-order valence-corrected chi connectivity index (χ2v) is 4.55. The van der Waals surface area contributed by atoms with Crippen LogP contribution in [-0.4, -0.2) is 14.9 Å². The lowest BCUT2D eigenvalue weighted by atomic mass is 10.2. The molecule has 0 saturated carbocycles. The normalized spacial score (nSPS) is 10.8. The Morgan fingerprint density at radius 3 is 2.67 bits per heavy atom. The molecule has 0 aliphatic heterocycles. The molecule has 1 aromatic heterocycles. The van der Waals surface area contributed by atoms with Gasteiger partial charge in [-0.3, -0.25) is 4.68 Å². The van der Waals surface area contributed by atoms with Crippen molar-refractivity contribution in [2.24, 2.45) is 7.05 Å². The molecule has 0 unspecified atom stereocenters. The van der Waals surface area contributed by atoms with E-state index in [4.69, 9.17) is 0 Å². The van der Waals surface area contributed by atoms with Gasteiger partial charge in [-0.25, -0.2) is 0 Å². The molecule has 0 spiro atoms. The highest BCUT2D eigenvalue weighted by Gasteiger charge is 2.08. The molecule has 2 aromatic rings. The maximum atomic E-state index is 9.38. The number of benzene rings is 1. The predicted octanol–water partition coefficient (Wildman–Crippen LogP) is 2.03. The smallest absolute Gasteiger partial charge is 0.115 e. The molecule has 0 bridgehead atoms. The van der Waals surface area contributed by atoms with Gasteiger partial charge in [-0.1, -0.05) is 12.1 Å². The van der Waals surface area contributed by atoms with E-state index in [2.05, 4.69) is 17.3 Å². The van der Waals surface area contributed by atoms with E-state index in [1.165, 1.54) is 11.3 Å². The summed E-state index contributed by atoms with van der Waals surface area (Å²) in [6.07, 6.45) is 0. The zero-order valence-electron chi connectivity index (χ0n) is 11.1. The molecule has 0 radical (unpaired) electrons. The summed E-state index contributed by atoms with van der Waals surface area (Å²) < 4.78 is 1.90. The average Bonchev–Trinajstić information content (AvgIpc) is 2.56. The van der Waals surface area contributed by atoms with Gasteiger partial charge >= 0.3 is 0 Å². The minimum atomic E-state index is 0.308. The Labute approximate surface area is 107 Å². The van der Waals surface area contributed by atoms with Crippen LogP contribution in [0.4, 0.5) is 0 Å². The Morgan fingerprint density at radius 1 is 1.28 bits per heavy atom. The number of aromatic hydroxyl groups is 1. The molecule has 0 aliphatic carbocycles. The van der Waals surface area contributed by atoms with Gasteiger partial charge in [0.1, 0.15) is 5.75 Å². The van der Waals surface area contributed by atoms with Crippen LogP contribution in [0.2, 0.25) is 0 Å². The molecule has 0 amide bonds. The molecule has 18 heavy (non-hydrogen) atoms. The number of hydrogen-bond acceptors (Lipinski definition) is 3. The van der Waals surface area contributed by atoms with Crippen LogP contribution in [0, 0.1) is 13.8 Å². The molecule has 0 saturated heterocycles. The number of phenolic OH excluding ortho intramolecular Hbond substituents is 1. The maximum Gasteiger partial charge on any atom is 0.115 e. The fourth-order valence-electron chi connectivity index (χ4n) is 2.07. The van der Waals surface area contributed by atoms with Crippen LogP contribution < -0.4 is 5.32 Å². The summed E-state index contributed by atoms with van der Waals surface area (Å²) in [5.41, 5.74) is 4.58. The van der Waals surface area contributed by atoms with Gasteiger partial charge < -0.3 is 10.4 Å². The monoisotopic (exact) mass is 245 g/mol. The number of aryl methyl sites for hydroxylation is 2. The van der Waals surface area contributed by atoms with Gasteiger partial charge in [0.05, 0.1) is 5.69 Å². The molecule has 96 valence electrons. The summed E-state index contributed by atoms with van der Waals surface area (Å²) in [5.74, 6) is 0.308. The van der Waals surface area contributed by atoms with Crippen LogP contribution >= 0.6 is 0 Å². The van der Waals surface area contributed by atoms with Gasteiger partial charge in [0.15, 0.2) is 0 Å². The molecular weight excluding hydrogens is 226 g/mol. The largest absolute Gasteiger partial charge is 0.508 e. The summed E-state index contributed by atoms with van der Waals surface area (Å²) in [6.45, 7) is 5.63. The number of nitrogens with one attached hydrogen (secondary N) is 1. The van der Waals surface area contributed by atoms with Crippen LogP contribution in [0.3, 0.4) is 0 Å². The molecule has 2 rings (SSSR count). The molecule has 0 aliphatic rings. The number of phenols is 1. The first-order valence-electron chi connectivity index (χ1n) is 6.05. The molecule has 1 heterocycles. The highest BCUT2D eigenvalue weighted by atomic mass is 16.3. The van der Waals surface area contributed by atoms with E-state index < -0.39 is 0 Å². The third kappa shape index (κ3) is 2.71. The summed E-state index contributed by atoms with van der Waals surface area (Å²) in [4.78, 5) is 0. The van der Waals surface area contributed by atoms with Crippen LogP contribution in [0.25, 0.3) is 0 Å². The number of aromatic nitrogens is 2. The predicted molar refractivity (Wildman–Crippen MR) is 71.3 cm³/mol. The standard InChI is InChI=1S/C14H19N3O/c1-10-14(11(2)17(3)16-10)9-15-8-12-5-4-6-13(18)7-12/h4-7,15,18H,8-9H2,1-3H3. The van der Waals surface area contributed by atoms with Crippen LogP contribution in [0.1, 0.15) is 22.5 Å². The third-order valence-electron chi connectivity index (χ3n) is 3.20. The molecule has 0 atom stereocenters. The fourth-order valence-corrected chi connectivity index (χ4v) is 2.07. The van der Waals surface area contributed by atoms with Crippen molar-refractivity contribution in [3.8, 4) is 5.75 Å².